The first kappa shape index (κ1) is 11.0. The van der Waals surface area contributed by atoms with E-state index in [2.05, 4.69) is 19.2 Å². The van der Waals surface area contributed by atoms with E-state index in [0.717, 1.165) is 12.0 Å². The van der Waals surface area contributed by atoms with Crippen LogP contribution in [0.4, 0.5) is 0 Å². The fourth-order valence-corrected chi connectivity index (χ4v) is 2.43. The molecule has 0 aromatic heterocycles. The molecule has 0 amide bonds. The van der Waals surface area contributed by atoms with E-state index in [0.29, 0.717) is 0 Å². The second-order valence-corrected chi connectivity index (χ2v) is 4.37. The summed E-state index contributed by atoms with van der Waals surface area (Å²) in [7, 11) is 0. The quantitative estimate of drug-likeness (QED) is 0.645. The highest BCUT2D eigenvalue weighted by atomic mass is 14.9. The van der Waals surface area contributed by atoms with Gasteiger partial charge in [-0.1, -0.05) is 39.5 Å². The molecule has 0 heterocycles. The molecule has 0 radical (unpaired) electrons. The molecule has 1 nitrogen and oxygen atoms in total. The molecule has 2 unspecified atom stereocenters. The average Bonchev–Trinajstić information content (AvgIpc) is 2.19. The molecule has 0 aromatic carbocycles. The summed E-state index contributed by atoms with van der Waals surface area (Å²) in [4.78, 5) is 0. The Morgan fingerprint density at radius 3 is 2.62 bits per heavy atom. The zero-order chi connectivity index (χ0) is 9.52. The lowest BCUT2D eigenvalue weighted by Gasteiger charge is -2.31. The second kappa shape index (κ2) is 6.42. The van der Waals surface area contributed by atoms with E-state index in [-0.39, 0.29) is 0 Å². The molecule has 1 fully saturated rings. The minimum absolute atomic E-state index is 0.838. The molecular formula is C12H25N. The van der Waals surface area contributed by atoms with E-state index in [9.17, 15) is 0 Å². The predicted molar refractivity (Wildman–Crippen MR) is 58.9 cm³/mol. The third-order valence-electron chi connectivity index (χ3n) is 3.37. The lowest BCUT2D eigenvalue weighted by Crippen LogP contribution is -2.38. The van der Waals surface area contributed by atoms with Crippen molar-refractivity contribution in [2.75, 3.05) is 6.54 Å². The molecule has 1 heteroatoms. The van der Waals surface area contributed by atoms with Crippen LogP contribution in [0.3, 0.4) is 0 Å². The van der Waals surface area contributed by atoms with Crippen LogP contribution in [0.2, 0.25) is 0 Å². The first-order chi connectivity index (χ1) is 6.38. The topological polar surface area (TPSA) is 12.0 Å². The Balaban J connectivity index is 2.19. The van der Waals surface area contributed by atoms with Crippen LogP contribution < -0.4 is 5.32 Å². The summed E-state index contributed by atoms with van der Waals surface area (Å²) in [5.41, 5.74) is 0. The van der Waals surface area contributed by atoms with Gasteiger partial charge in [0.15, 0.2) is 0 Å². The maximum absolute atomic E-state index is 3.72. The Morgan fingerprint density at radius 2 is 1.92 bits per heavy atom. The van der Waals surface area contributed by atoms with Crippen molar-refractivity contribution in [1.29, 1.82) is 0 Å². The molecule has 0 bridgehead atoms. The largest absolute Gasteiger partial charge is 0.314 e. The monoisotopic (exact) mass is 183 g/mol. The molecule has 1 rings (SSSR count). The highest BCUT2D eigenvalue weighted by Crippen LogP contribution is 2.26. The van der Waals surface area contributed by atoms with Crippen LogP contribution in [0, 0.1) is 5.92 Å². The van der Waals surface area contributed by atoms with E-state index < -0.39 is 0 Å². The van der Waals surface area contributed by atoms with E-state index in [1.54, 1.807) is 0 Å². The summed E-state index contributed by atoms with van der Waals surface area (Å²) < 4.78 is 0. The van der Waals surface area contributed by atoms with Gasteiger partial charge in [0, 0.05) is 6.04 Å². The Hall–Kier alpha value is -0.0400. The van der Waals surface area contributed by atoms with Gasteiger partial charge in [0.1, 0.15) is 0 Å². The third kappa shape index (κ3) is 3.68. The number of hydrogen-bond donors (Lipinski definition) is 1. The van der Waals surface area contributed by atoms with Crippen molar-refractivity contribution in [3.63, 3.8) is 0 Å². The highest BCUT2D eigenvalue weighted by molar-refractivity contribution is 4.79. The van der Waals surface area contributed by atoms with Crippen LogP contribution in [-0.2, 0) is 0 Å². The van der Waals surface area contributed by atoms with Crippen molar-refractivity contribution in [2.45, 2.75) is 64.8 Å². The maximum Gasteiger partial charge on any atom is 0.00952 e. The van der Waals surface area contributed by atoms with Crippen LogP contribution in [0.5, 0.6) is 0 Å². The molecule has 1 saturated carbocycles. The van der Waals surface area contributed by atoms with Gasteiger partial charge in [0.05, 0.1) is 0 Å². The third-order valence-corrected chi connectivity index (χ3v) is 3.37. The van der Waals surface area contributed by atoms with Crippen LogP contribution in [0.25, 0.3) is 0 Å². The summed E-state index contributed by atoms with van der Waals surface area (Å²) in [5.74, 6) is 0.964. The van der Waals surface area contributed by atoms with Crippen LogP contribution in [0.1, 0.15) is 58.8 Å². The van der Waals surface area contributed by atoms with Crippen molar-refractivity contribution >= 4 is 0 Å². The average molecular weight is 183 g/mol. The summed E-state index contributed by atoms with van der Waals surface area (Å²) in [6, 6.07) is 0.838. The molecule has 1 aliphatic carbocycles. The van der Waals surface area contributed by atoms with Gasteiger partial charge in [-0.25, -0.2) is 0 Å². The Bertz CT molecular complexity index is 122. The second-order valence-electron chi connectivity index (χ2n) is 4.37. The molecule has 0 aromatic rings. The fourth-order valence-electron chi connectivity index (χ4n) is 2.43. The standard InChI is InChI=1S/C12H25N/c1-3-5-10-13-12-9-7-6-8-11(12)4-2/h11-13H,3-10H2,1-2H3. The van der Waals surface area contributed by atoms with Gasteiger partial charge in [-0.3, -0.25) is 0 Å². The van der Waals surface area contributed by atoms with Crippen LogP contribution >= 0.6 is 0 Å². The molecule has 0 spiro atoms. The van der Waals surface area contributed by atoms with Gasteiger partial charge in [-0.15, -0.1) is 0 Å². The van der Waals surface area contributed by atoms with E-state index in [1.165, 1.54) is 51.5 Å². The maximum atomic E-state index is 3.72. The van der Waals surface area contributed by atoms with Crippen LogP contribution in [0.15, 0.2) is 0 Å². The number of hydrogen-bond acceptors (Lipinski definition) is 1. The minimum atomic E-state index is 0.838. The normalized spacial score (nSPS) is 29.1. The SMILES string of the molecule is CCCCNC1CCCCC1CC. The lowest BCUT2D eigenvalue weighted by molar-refractivity contribution is 0.255. The van der Waals surface area contributed by atoms with E-state index >= 15 is 0 Å². The lowest BCUT2D eigenvalue weighted by atomic mass is 9.83. The van der Waals surface area contributed by atoms with Crippen molar-refractivity contribution in [3.05, 3.63) is 0 Å². The van der Waals surface area contributed by atoms with Gasteiger partial charge >= 0.3 is 0 Å². The molecule has 0 aliphatic heterocycles. The highest BCUT2D eigenvalue weighted by Gasteiger charge is 2.22. The van der Waals surface area contributed by atoms with Gasteiger partial charge < -0.3 is 5.32 Å². The Morgan fingerprint density at radius 1 is 1.15 bits per heavy atom. The molecule has 1 N–H and O–H groups in total. The van der Waals surface area contributed by atoms with Gasteiger partial charge in [0.25, 0.3) is 0 Å². The number of unbranched alkanes of at least 4 members (excludes halogenated alkanes) is 1. The molecule has 78 valence electrons. The number of nitrogens with one attached hydrogen (secondary N) is 1. The summed E-state index contributed by atoms with van der Waals surface area (Å²) >= 11 is 0. The summed E-state index contributed by atoms with van der Waals surface area (Å²) in [5, 5.41) is 3.72. The number of rotatable bonds is 5. The fraction of sp³-hybridized carbons (Fsp3) is 1.00. The minimum Gasteiger partial charge on any atom is -0.314 e. The van der Waals surface area contributed by atoms with Crippen molar-refractivity contribution in [3.8, 4) is 0 Å². The van der Waals surface area contributed by atoms with Gasteiger partial charge in [-0.2, -0.15) is 0 Å². The van der Waals surface area contributed by atoms with Crippen molar-refractivity contribution < 1.29 is 0 Å². The van der Waals surface area contributed by atoms with E-state index in [1.807, 2.05) is 0 Å². The molecule has 13 heavy (non-hydrogen) atoms. The Kier molecular flexibility index (Phi) is 5.45. The molecule has 2 atom stereocenters. The first-order valence-corrected chi connectivity index (χ1v) is 6.11. The van der Waals surface area contributed by atoms with Gasteiger partial charge in [-0.05, 0) is 31.7 Å². The van der Waals surface area contributed by atoms with Crippen molar-refractivity contribution in [2.24, 2.45) is 5.92 Å². The molecular weight excluding hydrogens is 158 g/mol. The van der Waals surface area contributed by atoms with E-state index in [4.69, 9.17) is 0 Å². The smallest absolute Gasteiger partial charge is 0.00952 e. The molecule has 0 saturated heterocycles. The summed E-state index contributed by atoms with van der Waals surface area (Å²) in [6.07, 6.45) is 9.81. The van der Waals surface area contributed by atoms with Crippen LogP contribution in [-0.4, -0.2) is 12.6 Å². The zero-order valence-corrected chi connectivity index (χ0v) is 9.31. The summed E-state index contributed by atoms with van der Waals surface area (Å²) in [6.45, 7) is 5.84. The predicted octanol–water partition coefficient (Wildman–Crippen LogP) is 3.34. The zero-order valence-electron chi connectivity index (χ0n) is 9.31. The Labute approximate surface area is 83.3 Å². The molecule has 1 aliphatic rings. The van der Waals surface area contributed by atoms with Gasteiger partial charge in [0.2, 0.25) is 0 Å². The van der Waals surface area contributed by atoms with Crippen molar-refractivity contribution in [1.82, 2.24) is 5.32 Å². The first-order valence-electron chi connectivity index (χ1n) is 6.11.